The first-order valence-corrected chi connectivity index (χ1v) is 5.12. The molecule has 1 aromatic heterocycles. The topological polar surface area (TPSA) is 62.2 Å². The van der Waals surface area contributed by atoms with Gasteiger partial charge in [-0.1, -0.05) is 12.1 Å². The van der Waals surface area contributed by atoms with Crippen LogP contribution in [0.1, 0.15) is 6.92 Å². The molecule has 0 saturated carbocycles. The van der Waals surface area contributed by atoms with Gasteiger partial charge in [0.2, 0.25) is 0 Å². The van der Waals surface area contributed by atoms with Crippen LogP contribution in [0.15, 0.2) is 30.5 Å². The normalized spacial score (nSPS) is 12.4. The van der Waals surface area contributed by atoms with E-state index in [-0.39, 0.29) is 5.82 Å². The number of benzene rings is 1. The fourth-order valence-electron chi connectivity index (χ4n) is 1.55. The maximum Gasteiger partial charge on any atom is 0.325 e. The van der Waals surface area contributed by atoms with Crippen LogP contribution in [-0.4, -0.2) is 22.1 Å². The van der Waals surface area contributed by atoms with Gasteiger partial charge in [0, 0.05) is 17.0 Å². The third-order valence-corrected chi connectivity index (χ3v) is 2.48. The number of rotatable bonds is 3. The van der Waals surface area contributed by atoms with Crippen LogP contribution in [-0.2, 0) is 4.79 Å². The summed E-state index contributed by atoms with van der Waals surface area (Å²) < 4.78 is 13.5. The van der Waals surface area contributed by atoms with Gasteiger partial charge >= 0.3 is 5.97 Å². The Morgan fingerprint density at radius 1 is 1.41 bits per heavy atom. The van der Waals surface area contributed by atoms with Gasteiger partial charge in [0.25, 0.3) is 0 Å². The average molecular weight is 234 g/mol. The fraction of sp³-hybridized carbons (Fsp3) is 0.167. The molecule has 1 aromatic carbocycles. The van der Waals surface area contributed by atoms with E-state index in [1.54, 1.807) is 18.2 Å². The van der Waals surface area contributed by atoms with E-state index >= 15 is 0 Å². The van der Waals surface area contributed by atoms with Gasteiger partial charge in [-0.15, -0.1) is 0 Å². The van der Waals surface area contributed by atoms with Crippen molar-refractivity contribution in [3.8, 4) is 0 Å². The van der Waals surface area contributed by atoms with E-state index < -0.39 is 12.0 Å². The van der Waals surface area contributed by atoms with Crippen molar-refractivity contribution >= 4 is 22.6 Å². The van der Waals surface area contributed by atoms with Gasteiger partial charge in [-0.2, -0.15) is 0 Å². The summed E-state index contributed by atoms with van der Waals surface area (Å²) in [6.07, 6.45) is 1.45. The largest absolute Gasteiger partial charge is 0.480 e. The number of aromatic nitrogens is 1. The highest BCUT2D eigenvalue weighted by Crippen LogP contribution is 2.23. The molecule has 2 N–H and O–H groups in total. The molecule has 0 fully saturated rings. The van der Waals surface area contributed by atoms with E-state index in [4.69, 9.17) is 5.11 Å². The first-order chi connectivity index (χ1) is 8.09. The Balaban J connectivity index is 2.48. The number of carboxylic acids is 1. The number of fused-ring (bicyclic) bond motifs is 1. The van der Waals surface area contributed by atoms with Crippen molar-refractivity contribution in [3.63, 3.8) is 0 Å². The van der Waals surface area contributed by atoms with E-state index in [0.717, 1.165) is 0 Å². The number of pyridine rings is 1. The van der Waals surface area contributed by atoms with Crippen molar-refractivity contribution in [2.24, 2.45) is 0 Å². The van der Waals surface area contributed by atoms with Crippen molar-refractivity contribution in [1.82, 2.24) is 4.98 Å². The van der Waals surface area contributed by atoms with Gasteiger partial charge in [-0.25, -0.2) is 9.37 Å². The van der Waals surface area contributed by atoms with Crippen LogP contribution in [0, 0.1) is 5.82 Å². The molecule has 2 aromatic rings. The molecule has 5 heteroatoms. The summed E-state index contributed by atoms with van der Waals surface area (Å²) in [5.41, 5.74) is 0. The number of carbonyl (C=O) groups is 1. The second kappa shape index (κ2) is 4.37. The van der Waals surface area contributed by atoms with Crippen LogP contribution in [0.25, 0.3) is 10.8 Å². The molecular formula is C12H11FN2O2. The average Bonchev–Trinajstić information content (AvgIpc) is 2.30. The molecule has 0 amide bonds. The Morgan fingerprint density at radius 2 is 2.18 bits per heavy atom. The molecule has 0 aliphatic heterocycles. The second-order valence-corrected chi connectivity index (χ2v) is 3.70. The predicted octanol–water partition coefficient (Wildman–Crippen LogP) is 2.26. The van der Waals surface area contributed by atoms with Gasteiger partial charge in [0.15, 0.2) is 0 Å². The number of nitrogens with zero attached hydrogens (tertiary/aromatic N) is 1. The summed E-state index contributed by atoms with van der Waals surface area (Å²) in [5.74, 6) is -0.965. The molecule has 88 valence electrons. The molecule has 0 bridgehead atoms. The molecule has 0 radical (unpaired) electrons. The zero-order valence-corrected chi connectivity index (χ0v) is 9.14. The summed E-state index contributed by atoms with van der Waals surface area (Å²) in [4.78, 5) is 14.8. The summed E-state index contributed by atoms with van der Waals surface area (Å²) in [7, 11) is 0. The molecular weight excluding hydrogens is 223 g/mol. The van der Waals surface area contributed by atoms with Crippen LogP contribution in [0.5, 0.6) is 0 Å². The fourth-order valence-corrected chi connectivity index (χ4v) is 1.55. The molecule has 2 rings (SSSR count). The minimum atomic E-state index is -0.986. The van der Waals surface area contributed by atoms with Crippen molar-refractivity contribution in [2.45, 2.75) is 13.0 Å². The zero-order valence-electron chi connectivity index (χ0n) is 9.14. The lowest BCUT2D eigenvalue weighted by Crippen LogP contribution is -2.25. The SMILES string of the molecule is CC(Nc1nccc2c(F)cccc12)C(=O)O. The highest BCUT2D eigenvalue weighted by Gasteiger charge is 2.13. The Labute approximate surface area is 97.1 Å². The van der Waals surface area contributed by atoms with E-state index in [1.807, 2.05) is 0 Å². The Bertz CT molecular complexity index is 571. The lowest BCUT2D eigenvalue weighted by Gasteiger charge is -2.12. The third-order valence-electron chi connectivity index (χ3n) is 2.48. The molecule has 0 aliphatic rings. The standard InChI is InChI=1S/C12H11FN2O2/c1-7(12(16)17)15-11-9-3-2-4-10(13)8(9)5-6-14-11/h2-7H,1H3,(H,14,15)(H,16,17). The lowest BCUT2D eigenvalue weighted by molar-refractivity contribution is -0.137. The highest BCUT2D eigenvalue weighted by atomic mass is 19.1. The molecule has 17 heavy (non-hydrogen) atoms. The number of carboxylic acid groups (broad SMARTS) is 1. The Morgan fingerprint density at radius 3 is 2.88 bits per heavy atom. The molecule has 1 atom stereocenters. The monoisotopic (exact) mass is 234 g/mol. The van der Waals surface area contributed by atoms with Crippen molar-refractivity contribution < 1.29 is 14.3 Å². The van der Waals surface area contributed by atoms with E-state index in [2.05, 4.69) is 10.3 Å². The van der Waals surface area contributed by atoms with Gasteiger partial charge in [-0.3, -0.25) is 4.79 Å². The number of hydrogen-bond donors (Lipinski definition) is 2. The summed E-state index contributed by atoms with van der Waals surface area (Å²) in [6, 6.07) is 5.39. The number of halogens is 1. The lowest BCUT2D eigenvalue weighted by atomic mass is 10.1. The van der Waals surface area contributed by atoms with Gasteiger partial charge in [0.1, 0.15) is 17.7 Å². The number of nitrogens with one attached hydrogen (secondary N) is 1. The minimum absolute atomic E-state index is 0.351. The van der Waals surface area contributed by atoms with Crippen molar-refractivity contribution in [1.29, 1.82) is 0 Å². The molecule has 4 nitrogen and oxygen atoms in total. The molecule has 1 unspecified atom stereocenters. The first-order valence-electron chi connectivity index (χ1n) is 5.12. The number of hydrogen-bond acceptors (Lipinski definition) is 3. The van der Waals surface area contributed by atoms with Crippen molar-refractivity contribution in [2.75, 3.05) is 5.32 Å². The first kappa shape index (κ1) is 11.3. The molecule has 1 heterocycles. The summed E-state index contributed by atoms with van der Waals surface area (Å²) in [5, 5.41) is 12.5. The highest BCUT2D eigenvalue weighted by molar-refractivity contribution is 5.93. The molecule has 0 aliphatic carbocycles. The van der Waals surface area contributed by atoms with Crippen LogP contribution in [0.2, 0.25) is 0 Å². The maximum atomic E-state index is 13.5. The quantitative estimate of drug-likeness (QED) is 0.855. The predicted molar refractivity (Wildman–Crippen MR) is 62.4 cm³/mol. The molecule has 0 spiro atoms. The second-order valence-electron chi connectivity index (χ2n) is 3.70. The van der Waals surface area contributed by atoms with Crippen molar-refractivity contribution in [3.05, 3.63) is 36.3 Å². The van der Waals surface area contributed by atoms with E-state index in [9.17, 15) is 9.18 Å². The Kier molecular flexibility index (Phi) is 2.91. The zero-order chi connectivity index (χ0) is 12.4. The summed E-state index contributed by atoms with van der Waals surface area (Å²) in [6.45, 7) is 1.50. The van der Waals surface area contributed by atoms with Gasteiger partial charge < -0.3 is 10.4 Å². The minimum Gasteiger partial charge on any atom is -0.480 e. The van der Waals surface area contributed by atoms with Crippen LogP contribution in [0.4, 0.5) is 10.2 Å². The Hall–Kier alpha value is -2.17. The van der Waals surface area contributed by atoms with Crippen LogP contribution >= 0.6 is 0 Å². The van der Waals surface area contributed by atoms with E-state index in [1.165, 1.54) is 19.2 Å². The van der Waals surface area contributed by atoms with E-state index in [0.29, 0.717) is 16.6 Å². The third kappa shape index (κ3) is 2.18. The smallest absolute Gasteiger partial charge is 0.325 e. The number of aliphatic carboxylic acids is 1. The summed E-state index contributed by atoms with van der Waals surface area (Å²) >= 11 is 0. The van der Waals surface area contributed by atoms with Gasteiger partial charge in [0.05, 0.1) is 0 Å². The van der Waals surface area contributed by atoms with Crippen LogP contribution in [0.3, 0.4) is 0 Å². The molecule has 0 saturated heterocycles. The van der Waals surface area contributed by atoms with Gasteiger partial charge in [-0.05, 0) is 19.1 Å². The number of anilines is 1. The van der Waals surface area contributed by atoms with Crippen LogP contribution < -0.4 is 5.32 Å². The maximum absolute atomic E-state index is 13.5.